The molecule has 0 saturated heterocycles. The van der Waals surface area contributed by atoms with Crippen molar-refractivity contribution in [1.82, 2.24) is 5.32 Å². The van der Waals surface area contributed by atoms with Crippen molar-refractivity contribution < 1.29 is 9.90 Å². The Kier molecular flexibility index (Phi) is 6.04. The normalized spacial score (nSPS) is 13.6. The second-order valence-electron chi connectivity index (χ2n) is 4.99. The highest BCUT2D eigenvalue weighted by molar-refractivity contribution is 5.86. The maximum Gasteiger partial charge on any atom is 0.242 e. The molecule has 1 aromatic carbocycles. The maximum atomic E-state index is 12.1. The van der Waals surface area contributed by atoms with Crippen LogP contribution in [0.25, 0.3) is 0 Å². The first-order chi connectivity index (χ1) is 9.08. The smallest absolute Gasteiger partial charge is 0.242 e. The van der Waals surface area contributed by atoms with Crippen molar-refractivity contribution in [3.05, 3.63) is 35.9 Å². The minimum atomic E-state index is -0.831. The number of carbonyl (C=O) groups is 1. The average molecular weight is 260 g/mol. The molecule has 1 aromatic rings. The second kappa shape index (κ2) is 7.55. The number of aliphatic hydroxyl groups is 1. The standard InChI is InChI=1S/C15H20N2O2/c1-11(2)8-13(10-18)17-15(19)14(9-16)12-6-4-3-5-7-12/h3-7,11,13-14,18H,8,10H2,1-2H3,(H,17,19). The Morgan fingerprint density at radius 1 is 1.37 bits per heavy atom. The number of aliphatic hydroxyl groups excluding tert-OH is 1. The SMILES string of the molecule is CC(C)CC(CO)NC(=O)C(C#N)c1ccccc1. The van der Waals surface area contributed by atoms with Crippen LogP contribution in [0.5, 0.6) is 0 Å². The van der Waals surface area contributed by atoms with Gasteiger partial charge >= 0.3 is 0 Å². The molecule has 2 N–H and O–H groups in total. The molecule has 0 heterocycles. The summed E-state index contributed by atoms with van der Waals surface area (Å²) >= 11 is 0. The zero-order valence-electron chi connectivity index (χ0n) is 11.3. The Bertz CT molecular complexity index is 437. The van der Waals surface area contributed by atoms with Gasteiger partial charge in [0.05, 0.1) is 18.7 Å². The predicted molar refractivity (Wildman–Crippen MR) is 73.3 cm³/mol. The summed E-state index contributed by atoms with van der Waals surface area (Å²) in [6.07, 6.45) is 0.690. The lowest BCUT2D eigenvalue weighted by atomic mass is 9.98. The highest BCUT2D eigenvalue weighted by atomic mass is 16.3. The molecule has 0 saturated carbocycles. The first-order valence-corrected chi connectivity index (χ1v) is 6.44. The average Bonchev–Trinajstić information content (AvgIpc) is 2.39. The van der Waals surface area contributed by atoms with Crippen molar-refractivity contribution in [2.75, 3.05) is 6.61 Å². The van der Waals surface area contributed by atoms with Gasteiger partial charge in [-0.05, 0) is 17.9 Å². The molecule has 4 nitrogen and oxygen atoms in total. The van der Waals surface area contributed by atoms with Gasteiger partial charge in [0.1, 0.15) is 5.92 Å². The van der Waals surface area contributed by atoms with E-state index in [2.05, 4.69) is 5.32 Å². The van der Waals surface area contributed by atoms with Crippen LogP contribution >= 0.6 is 0 Å². The summed E-state index contributed by atoms with van der Waals surface area (Å²) < 4.78 is 0. The van der Waals surface area contributed by atoms with Gasteiger partial charge in [0.25, 0.3) is 0 Å². The quantitative estimate of drug-likeness (QED) is 0.819. The molecule has 0 aliphatic carbocycles. The van der Waals surface area contributed by atoms with Crippen molar-refractivity contribution >= 4 is 5.91 Å². The van der Waals surface area contributed by atoms with Gasteiger partial charge in [-0.2, -0.15) is 5.26 Å². The van der Waals surface area contributed by atoms with E-state index in [1.54, 1.807) is 24.3 Å². The molecule has 0 radical (unpaired) electrons. The van der Waals surface area contributed by atoms with Crippen LogP contribution in [0.2, 0.25) is 0 Å². The van der Waals surface area contributed by atoms with Crippen LogP contribution < -0.4 is 5.32 Å². The fourth-order valence-electron chi connectivity index (χ4n) is 1.96. The van der Waals surface area contributed by atoms with E-state index in [1.165, 1.54) is 0 Å². The van der Waals surface area contributed by atoms with Crippen LogP contribution in [0.4, 0.5) is 0 Å². The topological polar surface area (TPSA) is 73.1 Å². The number of rotatable bonds is 6. The summed E-state index contributed by atoms with van der Waals surface area (Å²) in [7, 11) is 0. The molecule has 1 rings (SSSR count). The monoisotopic (exact) mass is 260 g/mol. The molecule has 0 spiro atoms. The van der Waals surface area contributed by atoms with Gasteiger partial charge in [-0.25, -0.2) is 0 Å². The van der Waals surface area contributed by atoms with Crippen LogP contribution in [-0.4, -0.2) is 23.7 Å². The number of nitrogens with one attached hydrogen (secondary N) is 1. The van der Waals surface area contributed by atoms with Crippen molar-refractivity contribution in [2.24, 2.45) is 5.92 Å². The molecule has 0 aliphatic rings. The van der Waals surface area contributed by atoms with E-state index in [4.69, 9.17) is 5.26 Å². The van der Waals surface area contributed by atoms with Gasteiger partial charge in [0.15, 0.2) is 0 Å². The van der Waals surface area contributed by atoms with Gasteiger partial charge in [-0.15, -0.1) is 0 Å². The maximum absolute atomic E-state index is 12.1. The minimum Gasteiger partial charge on any atom is -0.394 e. The predicted octanol–water partition coefficient (Wildman–Crippen LogP) is 1.82. The lowest BCUT2D eigenvalue weighted by molar-refractivity contribution is -0.122. The first kappa shape index (κ1) is 15.2. The molecule has 0 fully saturated rings. The third kappa shape index (κ3) is 4.72. The largest absolute Gasteiger partial charge is 0.394 e. The minimum absolute atomic E-state index is 0.114. The Hall–Kier alpha value is -1.86. The molecule has 0 aromatic heterocycles. The fraction of sp³-hybridized carbons (Fsp3) is 0.467. The number of carbonyl (C=O) groups excluding carboxylic acids is 1. The van der Waals surface area contributed by atoms with Crippen LogP contribution in [0, 0.1) is 17.2 Å². The number of nitriles is 1. The number of benzene rings is 1. The number of amides is 1. The van der Waals surface area contributed by atoms with Gasteiger partial charge in [-0.3, -0.25) is 4.79 Å². The number of nitrogens with zero attached hydrogens (tertiary/aromatic N) is 1. The van der Waals surface area contributed by atoms with Gasteiger partial charge < -0.3 is 10.4 Å². The van der Waals surface area contributed by atoms with Crippen LogP contribution in [-0.2, 0) is 4.79 Å². The van der Waals surface area contributed by atoms with E-state index in [9.17, 15) is 9.90 Å². The number of hydrogen-bond acceptors (Lipinski definition) is 3. The van der Waals surface area contributed by atoms with E-state index in [1.807, 2.05) is 26.0 Å². The zero-order chi connectivity index (χ0) is 14.3. The molecule has 0 aliphatic heterocycles. The third-order valence-corrected chi connectivity index (χ3v) is 2.85. The van der Waals surface area contributed by atoms with Crippen molar-refractivity contribution in [3.8, 4) is 6.07 Å². The zero-order valence-corrected chi connectivity index (χ0v) is 11.3. The van der Waals surface area contributed by atoms with Gasteiger partial charge in [0.2, 0.25) is 5.91 Å². The Morgan fingerprint density at radius 2 is 2.00 bits per heavy atom. The molecule has 2 unspecified atom stereocenters. The van der Waals surface area contributed by atoms with E-state index >= 15 is 0 Å². The molecular formula is C15H20N2O2. The highest BCUT2D eigenvalue weighted by Crippen LogP contribution is 2.15. The Morgan fingerprint density at radius 3 is 2.47 bits per heavy atom. The molecule has 0 bridgehead atoms. The van der Waals surface area contributed by atoms with Crippen molar-refractivity contribution in [1.29, 1.82) is 5.26 Å². The van der Waals surface area contributed by atoms with E-state index in [0.717, 1.165) is 0 Å². The van der Waals surface area contributed by atoms with Gasteiger partial charge in [-0.1, -0.05) is 44.2 Å². The molecule has 102 valence electrons. The second-order valence-corrected chi connectivity index (χ2v) is 4.99. The third-order valence-electron chi connectivity index (χ3n) is 2.85. The summed E-state index contributed by atoms with van der Waals surface area (Å²) in [6, 6.07) is 10.6. The molecule has 4 heteroatoms. The molecule has 19 heavy (non-hydrogen) atoms. The fourth-order valence-corrected chi connectivity index (χ4v) is 1.96. The van der Waals surface area contributed by atoms with Crippen molar-refractivity contribution in [2.45, 2.75) is 32.2 Å². The first-order valence-electron chi connectivity index (χ1n) is 6.44. The van der Waals surface area contributed by atoms with Gasteiger partial charge in [0, 0.05) is 0 Å². The number of hydrogen-bond donors (Lipinski definition) is 2. The van der Waals surface area contributed by atoms with Crippen LogP contribution in [0.1, 0.15) is 31.7 Å². The van der Waals surface area contributed by atoms with Crippen LogP contribution in [0.15, 0.2) is 30.3 Å². The van der Waals surface area contributed by atoms with E-state index in [0.29, 0.717) is 17.9 Å². The van der Waals surface area contributed by atoms with Crippen molar-refractivity contribution in [3.63, 3.8) is 0 Å². The Labute approximate surface area is 114 Å². The van der Waals surface area contributed by atoms with Crippen LogP contribution in [0.3, 0.4) is 0 Å². The summed E-state index contributed by atoms with van der Waals surface area (Å²) in [5.41, 5.74) is 0.670. The molecule has 2 atom stereocenters. The summed E-state index contributed by atoms with van der Waals surface area (Å²) in [5.74, 6) is -0.814. The lowest BCUT2D eigenvalue weighted by Crippen LogP contribution is -2.40. The van der Waals surface area contributed by atoms with E-state index in [-0.39, 0.29) is 18.6 Å². The Balaban J connectivity index is 2.72. The molecular weight excluding hydrogens is 240 g/mol. The highest BCUT2D eigenvalue weighted by Gasteiger charge is 2.22. The summed E-state index contributed by atoms with van der Waals surface area (Å²) in [5, 5.41) is 21.1. The molecule has 1 amide bonds. The summed E-state index contributed by atoms with van der Waals surface area (Å²) in [4.78, 5) is 12.1. The lowest BCUT2D eigenvalue weighted by Gasteiger charge is -2.20. The summed E-state index contributed by atoms with van der Waals surface area (Å²) in [6.45, 7) is 3.93. The van der Waals surface area contributed by atoms with E-state index < -0.39 is 5.92 Å².